The summed E-state index contributed by atoms with van der Waals surface area (Å²) in [6.45, 7) is 3.70. The number of ether oxygens (including phenoxy) is 2. The van der Waals surface area contributed by atoms with Crippen molar-refractivity contribution >= 4 is 11.7 Å². The Kier molecular flexibility index (Phi) is 5.85. The predicted octanol–water partition coefficient (Wildman–Crippen LogP) is 3.27. The fourth-order valence-corrected chi connectivity index (χ4v) is 2.67. The van der Waals surface area contributed by atoms with E-state index >= 15 is 0 Å². The second-order valence-electron chi connectivity index (χ2n) is 6.05. The Balaban J connectivity index is 1.49. The summed E-state index contributed by atoms with van der Waals surface area (Å²) in [6, 6.07) is 10.9. The highest BCUT2D eigenvalue weighted by molar-refractivity contribution is 5.89. The minimum atomic E-state index is -0.277. The van der Waals surface area contributed by atoms with Crippen LogP contribution >= 0.6 is 0 Å². The van der Waals surface area contributed by atoms with Crippen LogP contribution in [0.15, 0.2) is 42.6 Å². The van der Waals surface area contributed by atoms with Crippen LogP contribution in [0.4, 0.5) is 10.5 Å². The van der Waals surface area contributed by atoms with Gasteiger partial charge in [-0.15, -0.1) is 0 Å². The van der Waals surface area contributed by atoms with E-state index in [1.807, 2.05) is 37.3 Å². The van der Waals surface area contributed by atoms with Gasteiger partial charge in [-0.25, -0.2) is 4.79 Å². The van der Waals surface area contributed by atoms with Crippen molar-refractivity contribution in [3.8, 4) is 5.75 Å². The number of carbonyl (C=O) groups excluding carboxylic acids is 1. The van der Waals surface area contributed by atoms with E-state index in [1.54, 1.807) is 12.3 Å². The van der Waals surface area contributed by atoms with E-state index in [4.69, 9.17) is 9.47 Å². The van der Waals surface area contributed by atoms with E-state index in [0.29, 0.717) is 24.6 Å². The third-order valence-electron chi connectivity index (χ3n) is 4.09. The SMILES string of the molecule is Cc1cccnc1CNC(=O)Nc1cccc(OCC2CCCO2)c1. The number of benzene rings is 1. The molecule has 1 unspecified atom stereocenters. The Morgan fingerprint density at radius 2 is 2.28 bits per heavy atom. The quantitative estimate of drug-likeness (QED) is 0.846. The molecule has 1 aliphatic rings. The lowest BCUT2D eigenvalue weighted by atomic mass is 10.2. The minimum Gasteiger partial charge on any atom is -0.491 e. The Labute approximate surface area is 147 Å². The summed E-state index contributed by atoms with van der Waals surface area (Å²) in [4.78, 5) is 16.3. The molecule has 6 heteroatoms. The molecule has 3 rings (SSSR count). The number of hydrogen-bond donors (Lipinski definition) is 2. The molecular formula is C19H23N3O3. The number of carbonyl (C=O) groups is 1. The van der Waals surface area contributed by atoms with Gasteiger partial charge in [0.05, 0.1) is 18.3 Å². The lowest BCUT2D eigenvalue weighted by Crippen LogP contribution is -2.28. The second-order valence-corrected chi connectivity index (χ2v) is 6.05. The molecule has 1 aromatic heterocycles. The monoisotopic (exact) mass is 341 g/mol. The highest BCUT2D eigenvalue weighted by atomic mass is 16.5. The fraction of sp³-hybridized carbons (Fsp3) is 0.368. The number of hydrogen-bond acceptors (Lipinski definition) is 4. The van der Waals surface area contributed by atoms with Crippen molar-refractivity contribution in [1.82, 2.24) is 10.3 Å². The molecule has 0 bridgehead atoms. The van der Waals surface area contributed by atoms with Crippen molar-refractivity contribution in [2.24, 2.45) is 0 Å². The zero-order valence-electron chi connectivity index (χ0n) is 14.3. The van der Waals surface area contributed by atoms with Gasteiger partial charge in [0.1, 0.15) is 12.4 Å². The molecule has 1 atom stereocenters. The Morgan fingerprint density at radius 1 is 1.36 bits per heavy atom. The summed E-state index contributed by atoms with van der Waals surface area (Å²) in [6.07, 6.45) is 4.01. The van der Waals surface area contributed by atoms with Crippen molar-refractivity contribution in [3.05, 3.63) is 53.9 Å². The van der Waals surface area contributed by atoms with E-state index < -0.39 is 0 Å². The summed E-state index contributed by atoms with van der Waals surface area (Å²) in [7, 11) is 0. The van der Waals surface area contributed by atoms with Crippen LogP contribution in [0.2, 0.25) is 0 Å². The number of aryl methyl sites for hydroxylation is 1. The maximum Gasteiger partial charge on any atom is 0.319 e. The molecule has 2 N–H and O–H groups in total. The molecule has 1 aliphatic heterocycles. The minimum absolute atomic E-state index is 0.168. The normalized spacial score (nSPS) is 16.4. The molecule has 0 spiro atoms. The largest absolute Gasteiger partial charge is 0.491 e. The second kappa shape index (κ2) is 8.48. The average molecular weight is 341 g/mol. The van der Waals surface area contributed by atoms with Gasteiger partial charge in [-0.3, -0.25) is 4.98 Å². The van der Waals surface area contributed by atoms with Gasteiger partial charge < -0.3 is 20.1 Å². The third-order valence-corrected chi connectivity index (χ3v) is 4.09. The molecule has 0 aliphatic carbocycles. The maximum atomic E-state index is 12.1. The van der Waals surface area contributed by atoms with Crippen molar-refractivity contribution in [3.63, 3.8) is 0 Å². The summed E-state index contributed by atoms with van der Waals surface area (Å²) in [5, 5.41) is 5.62. The van der Waals surface area contributed by atoms with Crippen LogP contribution in [-0.2, 0) is 11.3 Å². The van der Waals surface area contributed by atoms with E-state index in [1.165, 1.54) is 0 Å². The number of pyridine rings is 1. The maximum absolute atomic E-state index is 12.1. The van der Waals surface area contributed by atoms with E-state index in [0.717, 1.165) is 30.7 Å². The van der Waals surface area contributed by atoms with Crippen LogP contribution in [-0.4, -0.2) is 30.3 Å². The van der Waals surface area contributed by atoms with Crippen molar-refractivity contribution in [2.45, 2.75) is 32.4 Å². The van der Waals surface area contributed by atoms with E-state index in [-0.39, 0.29) is 12.1 Å². The molecule has 132 valence electrons. The molecule has 25 heavy (non-hydrogen) atoms. The molecular weight excluding hydrogens is 318 g/mol. The van der Waals surface area contributed by atoms with Gasteiger partial charge in [0.25, 0.3) is 0 Å². The predicted molar refractivity (Wildman–Crippen MR) is 95.7 cm³/mol. The highest BCUT2D eigenvalue weighted by Gasteiger charge is 2.16. The molecule has 1 saturated heterocycles. The van der Waals surface area contributed by atoms with Crippen molar-refractivity contribution < 1.29 is 14.3 Å². The molecule has 0 radical (unpaired) electrons. The number of aromatic nitrogens is 1. The topological polar surface area (TPSA) is 72.5 Å². The number of urea groups is 1. The average Bonchev–Trinajstić information content (AvgIpc) is 3.13. The van der Waals surface area contributed by atoms with Gasteiger partial charge in [-0.2, -0.15) is 0 Å². The molecule has 1 aromatic carbocycles. The first-order valence-electron chi connectivity index (χ1n) is 8.50. The molecule has 2 aromatic rings. The van der Waals surface area contributed by atoms with Gasteiger partial charge in [0.2, 0.25) is 0 Å². The van der Waals surface area contributed by atoms with Gasteiger partial charge in [-0.05, 0) is 43.5 Å². The number of nitrogens with one attached hydrogen (secondary N) is 2. The summed E-state index contributed by atoms with van der Waals surface area (Å²) < 4.78 is 11.3. The summed E-state index contributed by atoms with van der Waals surface area (Å²) >= 11 is 0. The van der Waals surface area contributed by atoms with Gasteiger partial charge in [-0.1, -0.05) is 12.1 Å². The van der Waals surface area contributed by atoms with Crippen LogP contribution < -0.4 is 15.4 Å². The Morgan fingerprint density at radius 3 is 3.08 bits per heavy atom. The van der Waals surface area contributed by atoms with Crippen molar-refractivity contribution in [2.75, 3.05) is 18.5 Å². The Hall–Kier alpha value is -2.60. The summed E-state index contributed by atoms with van der Waals surface area (Å²) in [5.41, 5.74) is 2.58. The third kappa shape index (κ3) is 5.19. The van der Waals surface area contributed by atoms with Crippen LogP contribution in [0.5, 0.6) is 5.75 Å². The standard InChI is InChI=1S/C19H23N3O3/c1-14-5-3-9-20-18(14)12-21-19(23)22-15-6-2-7-16(11-15)25-13-17-8-4-10-24-17/h2-3,5-7,9,11,17H,4,8,10,12-13H2,1H3,(H2,21,22,23). The number of anilines is 1. The number of amides is 2. The van der Waals surface area contributed by atoms with Gasteiger partial charge in [0.15, 0.2) is 0 Å². The number of nitrogens with zero attached hydrogens (tertiary/aromatic N) is 1. The van der Waals surface area contributed by atoms with Crippen molar-refractivity contribution in [1.29, 1.82) is 0 Å². The molecule has 6 nitrogen and oxygen atoms in total. The van der Waals surface area contributed by atoms with Gasteiger partial charge in [0, 0.05) is 24.6 Å². The first-order chi connectivity index (χ1) is 12.2. The fourth-order valence-electron chi connectivity index (χ4n) is 2.67. The molecule has 1 fully saturated rings. The van der Waals surface area contributed by atoms with Crippen LogP contribution in [0.25, 0.3) is 0 Å². The lowest BCUT2D eigenvalue weighted by Gasteiger charge is -2.13. The van der Waals surface area contributed by atoms with Crippen LogP contribution in [0, 0.1) is 6.92 Å². The Bertz CT molecular complexity index is 715. The first-order valence-corrected chi connectivity index (χ1v) is 8.50. The lowest BCUT2D eigenvalue weighted by molar-refractivity contribution is 0.0680. The molecule has 2 amide bonds. The van der Waals surface area contributed by atoms with Gasteiger partial charge >= 0.3 is 6.03 Å². The van der Waals surface area contributed by atoms with E-state index in [9.17, 15) is 4.79 Å². The first kappa shape index (κ1) is 17.2. The zero-order chi connectivity index (χ0) is 17.5. The highest BCUT2D eigenvalue weighted by Crippen LogP contribution is 2.19. The smallest absolute Gasteiger partial charge is 0.319 e. The zero-order valence-corrected chi connectivity index (χ0v) is 14.3. The van der Waals surface area contributed by atoms with Crippen LogP contribution in [0.1, 0.15) is 24.1 Å². The molecule has 2 heterocycles. The summed E-state index contributed by atoms with van der Waals surface area (Å²) in [5.74, 6) is 0.717. The van der Waals surface area contributed by atoms with Crippen LogP contribution in [0.3, 0.4) is 0 Å². The van der Waals surface area contributed by atoms with E-state index in [2.05, 4.69) is 15.6 Å². The number of rotatable bonds is 6. The molecule has 0 saturated carbocycles.